The summed E-state index contributed by atoms with van der Waals surface area (Å²) in [6.07, 6.45) is 2.52. The minimum Gasteiger partial charge on any atom is -0.507 e. The van der Waals surface area contributed by atoms with Crippen molar-refractivity contribution in [1.29, 1.82) is 0 Å². The van der Waals surface area contributed by atoms with Crippen molar-refractivity contribution in [3.63, 3.8) is 0 Å². The molecule has 2 amide bonds. The molecule has 0 spiro atoms. The van der Waals surface area contributed by atoms with Crippen molar-refractivity contribution in [3.8, 4) is 5.75 Å². The van der Waals surface area contributed by atoms with Gasteiger partial charge in [-0.1, -0.05) is 29.8 Å². The Kier molecular flexibility index (Phi) is 7.32. The number of nitrogens with one attached hydrogen (secondary N) is 2. The van der Waals surface area contributed by atoms with E-state index in [2.05, 4.69) is 15.8 Å². The summed E-state index contributed by atoms with van der Waals surface area (Å²) in [5, 5.41) is 29.0. The fourth-order valence-electron chi connectivity index (χ4n) is 2.49. The Morgan fingerprint density at radius 1 is 1.16 bits per heavy atom. The highest BCUT2D eigenvalue weighted by Crippen LogP contribution is 2.21. The standard InChI is InChI=1S/C21H15ClN4O5S/c22-17-6-2-1-5-16(17)20(28)24-18(11-15-4-3-9-32-15)21(29)25-23-12-13-10-14(26(30)31)7-8-19(13)27/h1-12,27H,(H,24,28)(H,25,29)/b18-11+,23-12-. The van der Waals surface area contributed by atoms with Gasteiger partial charge in [-0.25, -0.2) is 5.43 Å². The van der Waals surface area contributed by atoms with Crippen LogP contribution in [0.1, 0.15) is 20.8 Å². The lowest BCUT2D eigenvalue weighted by Crippen LogP contribution is -2.33. The van der Waals surface area contributed by atoms with E-state index in [0.717, 1.165) is 24.4 Å². The van der Waals surface area contributed by atoms with Gasteiger partial charge in [0.1, 0.15) is 11.4 Å². The summed E-state index contributed by atoms with van der Waals surface area (Å²) in [6.45, 7) is 0. The molecular formula is C21H15ClN4O5S. The van der Waals surface area contributed by atoms with Gasteiger partial charge in [-0.05, 0) is 35.7 Å². The Bertz CT molecular complexity index is 1220. The second-order valence-corrected chi connectivity index (χ2v) is 7.59. The number of carbonyl (C=O) groups is 2. The Labute approximate surface area is 190 Å². The van der Waals surface area contributed by atoms with Crippen molar-refractivity contribution in [1.82, 2.24) is 10.7 Å². The molecule has 32 heavy (non-hydrogen) atoms. The number of hydrogen-bond acceptors (Lipinski definition) is 7. The number of thiophene rings is 1. The lowest BCUT2D eigenvalue weighted by atomic mass is 10.2. The number of benzene rings is 2. The van der Waals surface area contributed by atoms with Crippen molar-refractivity contribution in [2.24, 2.45) is 5.10 Å². The molecule has 0 unspecified atom stereocenters. The van der Waals surface area contributed by atoms with E-state index in [0.29, 0.717) is 4.88 Å². The predicted molar refractivity (Wildman–Crippen MR) is 122 cm³/mol. The summed E-state index contributed by atoms with van der Waals surface area (Å²) >= 11 is 7.40. The third-order valence-electron chi connectivity index (χ3n) is 4.03. The van der Waals surface area contributed by atoms with E-state index in [4.69, 9.17) is 11.6 Å². The summed E-state index contributed by atoms with van der Waals surface area (Å²) in [5.74, 6) is -1.59. The normalized spacial score (nSPS) is 11.3. The summed E-state index contributed by atoms with van der Waals surface area (Å²) in [5.41, 5.74) is 2.10. The molecule has 0 aliphatic rings. The van der Waals surface area contributed by atoms with E-state index in [1.807, 2.05) is 0 Å². The van der Waals surface area contributed by atoms with Crippen LogP contribution in [0.25, 0.3) is 6.08 Å². The van der Waals surface area contributed by atoms with Gasteiger partial charge in [0.05, 0.1) is 21.7 Å². The number of nitro benzene ring substituents is 1. The zero-order valence-electron chi connectivity index (χ0n) is 16.2. The van der Waals surface area contributed by atoms with Crippen LogP contribution in [0.2, 0.25) is 5.02 Å². The highest BCUT2D eigenvalue weighted by molar-refractivity contribution is 7.10. The van der Waals surface area contributed by atoms with Gasteiger partial charge in [-0.2, -0.15) is 5.10 Å². The second kappa shape index (κ2) is 10.3. The number of non-ortho nitro benzene ring substituents is 1. The SMILES string of the molecule is O=C(N/N=C\c1cc([N+](=O)[O-])ccc1O)/C(=C\c1cccs1)NC(=O)c1ccccc1Cl. The van der Waals surface area contributed by atoms with Gasteiger partial charge < -0.3 is 10.4 Å². The summed E-state index contributed by atoms with van der Waals surface area (Å²) in [7, 11) is 0. The molecule has 9 nitrogen and oxygen atoms in total. The Morgan fingerprint density at radius 3 is 2.62 bits per heavy atom. The molecule has 3 rings (SSSR count). The maximum absolute atomic E-state index is 12.7. The van der Waals surface area contributed by atoms with Crippen LogP contribution >= 0.6 is 22.9 Å². The molecular weight excluding hydrogens is 456 g/mol. The predicted octanol–water partition coefficient (Wildman–Crippen LogP) is 3.94. The topological polar surface area (TPSA) is 134 Å². The number of hydrazone groups is 1. The van der Waals surface area contributed by atoms with Gasteiger partial charge in [-0.3, -0.25) is 19.7 Å². The Balaban J connectivity index is 1.80. The first-order valence-electron chi connectivity index (χ1n) is 8.97. The molecule has 0 bridgehead atoms. The highest BCUT2D eigenvalue weighted by Gasteiger charge is 2.16. The molecule has 0 aliphatic carbocycles. The van der Waals surface area contributed by atoms with E-state index >= 15 is 0 Å². The number of rotatable bonds is 7. The molecule has 162 valence electrons. The molecule has 3 N–H and O–H groups in total. The quantitative estimate of drug-likeness (QED) is 0.208. The fraction of sp³-hybridized carbons (Fsp3) is 0. The van der Waals surface area contributed by atoms with Crippen molar-refractivity contribution in [2.75, 3.05) is 0 Å². The van der Waals surface area contributed by atoms with Crippen LogP contribution in [0.15, 0.2) is 70.8 Å². The maximum atomic E-state index is 12.7. The summed E-state index contributed by atoms with van der Waals surface area (Å²) < 4.78 is 0. The van der Waals surface area contributed by atoms with Gasteiger partial charge in [0.15, 0.2) is 0 Å². The maximum Gasteiger partial charge on any atom is 0.287 e. The second-order valence-electron chi connectivity index (χ2n) is 6.21. The van der Waals surface area contributed by atoms with Crippen LogP contribution < -0.4 is 10.7 Å². The lowest BCUT2D eigenvalue weighted by Gasteiger charge is -2.09. The average molecular weight is 471 g/mol. The number of carbonyl (C=O) groups excluding carboxylic acids is 2. The molecule has 0 saturated carbocycles. The first-order valence-corrected chi connectivity index (χ1v) is 10.2. The van der Waals surface area contributed by atoms with Gasteiger partial charge in [0.2, 0.25) is 0 Å². The van der Waals surface area contributed by atoms with Crippen molar-refractivity contribution >= 4 is 52.7 Å². The molecule has 11 heteroatoms. The van der Waals surface area contributed by atoms with E-state index in [1.165, 1.54) is 23.5 Å². The monoisotopic (exact) mass is 470 g/mol. The molecule has 0 fully saturated rings. The van der Waals surface area contributed by atoms with Crippen LogP contribution in [-0.2, 0) is 4.79 Å². The minimum absolute atomic E-state index is 0.0309. The lowest BCUT2D eigenvalue weighted by molar-refractivity contribution is -0.384. The van der Waals surface area contributed by atoms with E-state index < -0.39 is 16.7 Å². The van der Waals surface area contributed by atoms with Gasteiger partial charge >= 0.3 is 0 Å². The molecule has 0 saturated heterocycles. The van der Waals surface area contributed by atoms with Crippen molar-refractivity contribution < 1.29 is 19.6 Å². The molecule has 0 aliphatic heterocycles. The number of amides is 2. The molecule has 0 atom stereocenters. The third-order valence-corrected chi connectivity index (χ3v) is 5.18. The molecule has 1 heterocycles. The Hall–Kier alpha value is -4.02. The van der Waals surface area contributed by atoms with E-state index in [1.54, 1.807) is 35.7 Å². The number of aromatic hydroxyl groups is 1. The smallest absolute Gasteiger partial charge is 0.287 e. The van der Waals surface area contributed by atoms with Crippen LogP contribution in [-0.4, -0.2) is 28.1 Å². The molecule has 2 aromatic carbocycles. The molecule has 0 radical (unpaired) electrons. The first kappa shape index (κ1) is 22.7. The van der Waals surface area contributed by atoms with Crippen molar-refractivity contribution in [2.45, 2.75) is 0 Å². The van der Waals surface area contributed by atoms with Gasteiger partial charge in [-0.15, -0.1) is 11.3 Å². The molecule has 1 aromatic heterocycles. The third kappa shape index (κ3) is 5.78. The zero-order chi connectivity index (χ0) is 23.1. The number of phenols is 1. The summed E-state index contributed by atoms with van der Waals surface area (Å²) in [6, 6.07) is 13.3. The number of phenolic OH excluding ortho intramolecular Hbond substituents is 1. The Morgan fingerprint density at radius 2 is 1.94 bits per heavy atom. The first-order chi connectivity index (χ1) is 15.3. The van der Waals surface area contributed by atoms with Crippen LogP contribution in [0.3, 0.4) is 0 Å². The fourth-order valence-corrected chi connectivity index (χ4v) is 3.37. The van der Waals surface area contributed by atoms with Crippen LogP contribution in [0.5, 0.6) is 5.75 Å². The van der Waals surface area contributed by atoms with Gasteiger partial charge in [0, 0.05) is 22.6 Å². The van der Waals surface area contributed by atoms with Crippen molar-refractivity contribution in [3.05, 3.63) is 96.8 Å². The number of halogens is 1. The minimum atomic E-state index is -0.750. The molecule has 3 aromatic rings. The van der Waals surface area contributed by atoms with E-state index in [-0.39, 0.29) is 33.3 Å². The number of nitrogens with zero attached hydrogens (tertiary/aromatic N) is 2. The zero-order valence-corrected chi connectivity index (χ0v) is 17.8. The highest BCUT2D eigenvalue weighted by atomic mass is 35.5. The average Bonchev–Trinajstić information content (AvgIpc) is 3.27. The number of nitro groups is 1. The summed E-state index contributed by atoms with van der Waals surface area (Å²) in [4.78, 5) is 36.2. The number of hydrogen-bond donors (Lipinski definition) is 3. The van der Waals surface area contributed by atoms with E-state index in [9.17, 15) is 24.8 Å². The van der Waals surface area contributed by atoms with Crippen LogP contribution in [0.4, 0.5) is 5.69 Å². The van der Waals surface area contributed by atoms with Gasteiger partial charge in [0.25, 0.3) is 17.5 Å². The largest absolute Gasteiger partial charge is 0.507 e. The van der Waals surface area contributed by atoms with Crippen LogP contribution in [0, 0.1) is 10.1 Å².